The molecule has 0 aliphatic carbocycles. The summed E-state index contributed by atoms with van der Waals surface area (Å²) in [6, 6.07) is 9.00. The molecule has 0 heterocycles. The van der Waals surface area contributed by atoms with Crippen LogP contribution < -0.4 is 9.47 Å². The fourth-order valence-electron chi connectivity index (χ4n) is 1.80. The molecule has 1 N–H and O–H groups in total. The number of carbonyl (C=O) groups is 1. The highest BCUT2D eigenvalue weighted by molar-refractivity contribution is 6.32. The van der Waals surface area contributed by atoms with Gasteiger partial charge < -0.3 is 14.6 Å². The van der Waals surface area contributed by atoms with Crippen LogP contribution >= 0.6 is 11.6 Å². The van der Waals surface area contributed by atoms with Gasteiger partial charge in [-0.25, -0.2) is 9.18 Å². The first-order valence-corrected chi connectivity index (χ1v) is 6.38. The molecular weight excluding hydrogens is 299 g/mol. The third kappa shape index (κ3) is 3.25. The van der Waals surface area contributed by atoms with Crippen LogP contribution in [-0.2, 0) is 6.61 Å². The van der Waals surface area contributed by atoms with E-state index in [-0.39, 0.29) is 34.3 Å². The smallest absolute Gasteiger partial charge is 0.339 e. The van der Waals surface area contributed by atoms with Crippen LogP contribution in [-0.4, -0.2) is 18.2 Å². The Bertz CT molecular complexity index is 673. The lowest BCUT2D eigenvalue weighted by atomic mass is 10.2. The molecule has 0 saturated carbocycles. The molecule has 110 valence electrons. The van der Waals surface area contributed by atoms with Crippen LogP contribution in [0.3, 0.4) is 0 Å². The Morgan fingerprint density at radius 3 is 2.67 bits per heavy atom. The monoisotopic (exact) mass is 310 g/mol. The van der Waals surface area contributed by atoms with Crippen LogP contribution in [0, 0.1) is 5.82 Å². The van der Waals surface area contributed by atoms with Crippen LogP contribution in [0.4, 0.5) is 4.39 Å². The molecule has 0 aromatic heterocycles. The molecule has 21 heavy (non-hydrogen) atoms. The van der Waals surface area contributed by atoms with E-state index in [4.69, 9.17) is 26.2 Å². The van der Waals surface area contributed by atoms with E-state index in [2.05, 4.69) is 0 Å². The van der Waals surface area contributed by atoms with Gasteiger partial charge in [-0.05, 0) is 18.2 Å². The lowest BCUT2D eigenvalue weighted by molar-refractivity contribution is 0.0691. The zero-order valence-corrected chi connectivity index (χ0v) is 11.9. The molecule has 2 aromatic carbocycles. The molecule has 0 bridgehead atoms. The van der Waals surface area contributed by atoms with Crippen molar-refractivity contribution in [3.8, 4) is 11.5 Å². The van der Waals surface area contributed by atoms with Crippen LogP contribution in [0.5, 0.6) is 11.5 Å². The molecule has 0 saturated heterocycles. The van der Waals surface area contributed by atoms with Crippen molar-refractivity contribution in [2.45, 2.75) is 6.61 Å². The van der Waals surface area contributed by atoms with Crippen molar-refractivity contribution in [2.24, 2.45) is 0 Å². The Labute approximate surface area is 125 Å². The maximum Gasteiger partial charge on any atom is 0.339 e. The van der Waals surface area contributed by atoms with Crippen molar-refractivity contribution in [3.63, 3.8) is 0 Å². The summed E-state index contributed by atoms with van der Waals surface area (Å²) in [5, 5.41) is 9.24. The van der Waals surface area contributed by atoms with Gasteiger partial charge >= 0.3 is 5.97 Å². The highest BCUT2D eigenvalue weighted by Gasteiger charge is 2.16. The van der Waals surface area contributed by atoms with Crippen molar-refractivity contribution >= 4 is 17.6 Å². The summed E-state index contributed by atoms with van der Waals surface area (Å²) < 4.78 is 24.2. The molecular formula is C15H12ClFO4. The number of para-hydroxylation sites is 1. The van der Waals surface area contributed by atoms with E-state index in [1.165, 1.54) is 37.4 Å². The molecule has 0 radical (unpaired) electrons. The fraction of sp³-hybridized carbons (Fsp3) is 0.133. The second kappa shape index (κ2) is 6.45. The predicted molar refractivity (Wildman–Crippen MR) is 75.7 cm³/mol. The van der Waals surface area contributed by atoms with E-state index in [0.29, 0.717) is 0 Å². The SMILES string of the molecule is COc1cccc(COc2c(Cl)cccc2C(=O)O)c1F. The summed E-state index contributed by atoms with van der Waals surface area (Å²) in [6.45, 7) is -0.160. The van der Waals surface area contributed by atoms with Gasteiger partial charge in [0, 0.05) is 5.56 Å². The quantitative estimate of drug-likeness (QED) is 0.913. The number of ether oxygens (including phenoxy) is 2. The number of methoxy groups -OCH3 is 1. The maximum absolute atomic E-state index is 14.0. The average molecular weight is 311 g/mol. The summed E-state index contributed by atoms with van der Waals surface area (Å²) >= 11 is 5.93. The lowest BCUT2D eigenvalue weighted by Crippen LogP contribution is -2.05. The normalized spacial score (nSPS) is 10.2. The number of hydrogen-bond donors (Lipinski definition) is 1. The van der Waals surface area contributed by atoms with Gasteiger partial charge in [-0.15, -0.1) is 0 Å². The summed E-state index contributed by atoms with van der Waals surface area (Å²) in [7, 11) is 1.36. The van der Waals surface area contributed by atoms with Crippen LogP contribution in [0.25, 0.3) is 0 Å². The highest BCUT2D eigenvalue weighted by Crippen LogP contribution is 2.30. The van der Waals surface area contributed by atoms with Gasteiger partial charge in [0.2, 0.25) is 0 Å². The van der Waals surface area contributed by atoms with Crippen molar-refractivity contribution in [3.05, 3.63) is 58.4 Å². The van der Waals surface area contributed by atoms with Crippen LogP contribution in [0.1, 0.15) is 15.9 Å². The number of carboxylic acid groups (broad SMARTS) is 1. The Hall–Kier alpha value is -2.27. The molecule has 2 aromatic rings. The topological polar surface area (TPSA) is 55.8 Å². The fourth-order valence-corrected chi connectivity index (χ4v) is 2.03. The number of carboxylic acids is 1. The minimum atomic E-state index is -1.17. The number of aromatic carboxylic acids is 1. The Balaban J connectivity index is 2.27. The van der Waals surface area contributed by atoms with E-state index >= 15 is 0 Å². The van der Waals surface area contributed by atoms with Gasteiger partial charge in [0.25, 0.3) is 0 Å². The maximum atomic E-state index is 14.0. The molecule has 4 nitrogen and oxygen atoms in total. The van der Waals surface area contributed by atoms with Gasteiger partial charge in [0.15, 0.2) is 17.3 Å². The van der Waals surface area contributed by atoms with Crippen molar-refractivity contribution in [2.75, 3.05) is 7.11 Å². The Morgan fingerprint density at radius 1 is 1.29 bits per heavy atom. The van der Waals surface area contributed by atoms with Crippen molar-refractivity contribution in [1.29, 1.82) is 0 Å². The zero-order chi connectivity index (χ0) is 15.4. The molecule has 0 unspecified atom stereocenters. The van der Waals surface area contributed by atoms with E-state index < -0.39 is 11.8 Å². The number of hydrogen-bond acceptors (Lipinski definition) is 3. The average Bonchev–Trinajstić information content (AvgIpc) is 2.47. The number of benzene rings is 2. The van der Waals surface area contributed by atoms with Crippen molar-refractivity contribution in [1.82, 2.24) is 0 Å². The van der Waals surface area contributed by atoms with Gasteiger partial charge in [-0.2, -0.15) is 0 Å². The van der Waals surface area contributed by atoms with Crippen LogP contribution in [0.2, 0.25) is 5.02 Å². The predicted octanol–water partition coefficient (Wildman–Crippen LogP) is 3.76. The molecule has 0 fully saturated rings. The summed E-state index contributed by atoms with van der Waals surface area (Å²) in [5.74, 6) is -1.62. The molecule has 6 heteroatoms. The highest BCUT2D eigenvalue weighted by atomic mass is 35.5. The molecule has 2 rings (SSSR count). The Morgan fingerprint density at radius 2 is 2.00 bits per heavy atom. The summed E-state index contributed by atoms with van der Waals surface area (Å²) in [6.07, 6.45) is 0. The molecule has 0 amide bonds. The van der Waals surface area contributed by atoms with E-state index in [0.717, 1.165) is 0 Å². The second-order valence-electron chi connectivity index (χ2n) is 4.14. The van der Waals surface area contributed by atoms with Gasteiger partial charge in [-0.3, -0.25) is 0 Å². The molecule has 0 spiro atoms. The minimum Gasteiger partial charge on any atom is -0.494 e. The first-order chi connectivity index (χ1) is 10.0. The minimum absolute atomic E-state index is 0.00823. The lowest BCUT2D eigenvalue weighted by Gasteiger charge is -2.12. The summed E-state index contributed by atoms with van der Waals surface area (Å²) in [5.41, 5.74) is 0.163. The second-order valence-corrected chi connectivity index (χ2v) is 4.55. The van der Waals surface area contributed by atoms with E-state index in [9.17, 15) is 9.18 Å². The van der Waals surface area contributed by atoms with Crippen molar-refractivity contribution < 1.29 is 23.8 Å². The van der Waals surface area contributed by atoms with Gasteiger partial charge in [0.05, 0.1) is 12.1 Å². The third-order valence-corrected chi connectivity index (χ3v) is 3.13. The van der Waals surface area contributed by atoms with E-state index in [1.807, 2.05) is 0 Å². The Kier molecular flexibility index (Phi) is 4.65. The number of halogens is 2. The van der Waals surface area contributed by atoms with Gasteiger partial charge in [-0.1, -0.05) is 29.8 Å². The molecule has 0 aliphatic heterocycles. The molecule has 0 atom stereocenters. The van der Waals surface area contributed by atoms with Crippen LogP contribution in [0.15, 0.2) is 36.4 Å². The standard InChI is InChI=1S/C15H12ClFO4/c1-20-12-7-2-4-9(13(12)17)8-21-14-10(15(18)19)5-3-6-11(14)16/h2-7H,8H2,1H3,(H,18,19). The third-order valence-electron chi connectivity index (χ3n) is 2.83. The largest absolute Gasteiger partial charge is 0.494 e. The van der Waals surface area contributed by atoms with Gasteiger partial charge in [0.1, 0.15) is 12.2 Å². The summed E-state index contributed by atoms with van der Waals surface area (Å²) in [4.78, 5) is 11.1. The first-order valence-electron chi connectivity index (χ1n) is 6.00. The number of rotatable bonds is 5. The zero-order valence-electron chi connectivity index (χ0n) is 11.1. The first kappa shape index (κ1) is 15.1. The van der Waals surface area contributed by atoms with E-state index in [1.54, 1.807) is 6.07 Å². The molecule has 0 aliphatic rings.